The van der Waals surface area contributed by atoms with Crippen molar-refractivity contribution in [2.24, 2.45) is 0 Å². The van der Waals surface area contributed by atoms with E-state index in [1.807, 2.05) is 0 Å². The van der Waals surface area contributed by atoms with Crippen molar-refractivity contribution in [2.45, 2.75) is 6.36 Å². The summed E-state index contributed by atoms with van der Waals surface area (Å²) < 4.78 is 46.4. The Morgan fingerprint density at radius 2 is 1.95 bits per heavy atom. The highest BCUT2D eigenvalue weighted by Gasteiger charge is 2.32. The molecule has 2 rings (SSSR count). The first-order valence-electron chi connectivity index (χ1n) is 5.00. The first kappa shape index (κ1) is 13.7. The third-order valence-corrected chi connectivity index (χ3v) is 2.67. The molecule has 0 bridgehead atoms. The second kappa shape index (κ2) is 5.08. The van der Waals surface area contributed by atoms with Crippen molar-refractivity contribution in [3.63, 3.8) is 0 Å². The van der Waals surface area contributed by atoms with Crippen molar-refractivity contribution in [3.05, 3.63) is 40.6 Å². The summed E-state index contributed by atoms with van der Waals surface area (Å²) in [7, 11) is 0. The predicted octanol–water partition coefficient (Wildman–Crippen LogP) is 4.42. The van der Waals surface area contributed by atoms with Gasteiger partial charge in [0.25, 0.3) is 0 Å². The maximum atomic E-state index is 12.3. The Morgan fingerprint density at radius 3 is 2.53 bits per heavy atom. The zero-order valence-corrected chi connectivity index (χ0v) is 10.8. The SMILES string of the molecule is O=Cc1ccc(-c2cc(Br)ccc2OC(F)(F)F)o1. The molecule has 3 nitrogen and oxygen atoms in total. The molecule has 1 heterocycles. The van der Waals surface area contributed by atoms with Gasteiger partial charge in [-0.1, -0.05) is 15.9 Å². The van der Waals surface area contributed by atoms with Crippen LogP contribution in [-0.4, -0.2) is 12.6 Å². The lowest BCUT2D eigenvalue weighted by molar-refractivity contribution is -0.274. The lowest BCUT2D eigenvalue weighted by atomic mass is 10.1. The molecule has 1 aromatic carbocycles. The Hall–Kier alpha value is -1.76. The van der Waals surface area contributed by atoms with E-state index in [1.165, 1.54) is 24.3 Å². The van der Waals surface area contributed by atoms with Gasteiger partial charge in [-0.15, -0.1) is 13.2 Å². The standard InChI is InChI=1S/C12H6BrF3O3/c13-7-1-3-11(19-12(14,15)16)9(5-7)10-4-2-8(6-17)18-10/h1-6H. The number of benzene rings is 1. The fourth-order valence-electron chi connectivity index (χ4n) is 1.47. The average Bonchev–Trinajstić information content (AvgIpc) is 2.78. The van der Waals surface area contributed by atoms with Crippen LogP contribution in [0.2, 0.25) is 0 Å². The maximum Gasteiger partial charge on any atom is 0.573 e. The quantitative estimate of drug-likeness (QED) is 0.780. The lowest BCUT2D eigenvalue weighted by Crippen LogP contribution is -2.17. The minimum absolute atomic E-state index is 0.0212. The van der Waals surface area contributed by atoms with Crippen LogP contribution >= 0.6 is 15.9 Å². The van der Waals surface area contributed by atoms with E-state index in [1.54, 1.807) is 0 Å². The number of carbonyl (C=O) groups is 1. The Balaban J connectivity index is 2.47. The number of halogens is 4. The zero-order valence-electron chi connectivity index (χ0n) is 9.20. The van der Waals surface area contributed by atoms with Crippen LogP contribution in [0.25, 0.3) is 11.3 Å². The zero-order chi connectivity index (χ0) is 14.0. The first-order valence-corrected chi connectivity index (χ1v) is 5.79. The third-order valence-electron chi connectivity index (χ3n) is 2.18. The fourth-order valence-corrected chi connectivity index (χ4v) is 1.83. The number of alkyl halides is 3. The fraction of sp³-hybridized carbons (Fsp3) is 0.0833. The van der Waals surface area contributed by atoms with Gasteiger partial charge in [-0.05, 0) is 30.3 Å². The van der Waals surface area contributed by atoms with E-state index in [4.69, 9.17) is 4.42 Å². The van der Waals surface area contributed by atoms with Gasteiger partial charge in [-0.2, -0.15) is 0 Å². The number of ether oxygens (including phenoxy) is 1. The van der Waals surface area contributed by atoms with E-state index in [-0.39, 0.29) is 17.1 Å². The van der Waals surface area contributed by atoms with E-state index in [0.29, 0.717) is 10.8 Å². The molecule has 19 heavy (non-hydrogen) atoms. The van der Waals surface area contributed by atoms with Crippen LogP contribution in [0.4, 0.5) is 13.2 Å². The van der Waals surface area contributed by atoms with Gasteiger partial charge in [-0.25, -0.2) is 0 Å². The Bertz CT molecular complexity index is 605. The summed E-state index contributed by atoms with van der Waals surface area (Å²) in [6.07, 6.45) is -4.34. The number of furan rings is 1. The van der Waals surface area contributed by atoms with Gasteiger partial charge in [0, 0.05) is 4.47 Å². The van der Waals surface area contributed by atoms with E-state index in [2.05, 4.69) is 20.7 Å². The molecule has 0 unspecified atom stereocenters. The molecule has 0 spiro atoms. The number of rotatable bonds is 3. The van der Waals surface area contributed by atoms with Crippen molar-refractivity contribution < 1.29 is 27.1 Å². The van der Waals surface area contributed by atoms with Crippen molar-refractivity contribution >= 4 is 22.2 Å². The van der Waals surface area contributed by atoms with Crippen LogP contribution in [0.1, 0.15) is 10.6 Å². The summed E-state index contributed by atoms with van der Waals surface area (Å²) in [5.41, 5.74) is 0.0970. The average molecular weight is 335 g/mol. The van der Waals surface area contributed by atoms with E-state index in [0.717, 1.165) is 6.07 Å². The number of hydrogen-bond acceptors (Lipinski definition) is 3. The number of carbonyl (C=O) groups excluding carboxylic acids is 1. The van der Waals surface area contributed by atoms with E-state index >= 15 is 0 Å². The molecule has 0 saturated heterocycles. The Kier molecular flexibility index (Phi) is 3.66. The lowest BCUT2D eigenvalue weighted by Gasteiger charge is -2.12. The van der Waals surface area contributed by atoms with E-state index < -0.39 is 12.1 Å². The number of hydrogen-bond donors (Lipinski definition) is 0. The van der Waals surface area contributed by atoms with Crippen LogP contribution in [0.3, 0.4) is 0 Å². The van der Waals surface area contributed by atoms with Crippen molar-refractivity contribution in [1.82, 2.24) is 0 Å². The molecular weight excluding hydrogens is 329 g/mol. The monoisotopic (exact) mass is 334 g/mol. The van der Waals surface area contributed by atoms with Gasteiger partial charge in [0.05, 0.1) is 5.56 Å². The highest BCUT2D eigenvalue weighted by Crippen LogP contribution is 2.36. The summed E-state index contributed by atoms with van der Waals surface area (Å²) >= 11 is 3.15. The van der Waals surface area contributed by atoms with Crippen LogP contribution in [0.5, 0.6) is 5.75 Å². The van der Waals surface area contributed by atoms with Crippen LogP contribution in [-0.2, 0) is 0 Å². The predicted molar refractivity (Wildman–Crippen MR) is 63.9 cm³/mol. The molecule has 0 amide bonds. The molecular formula is C12H6BrF3O3. The van der Waals surface area contributed by atoms with Gasteiger partial charge < -0.3 is 9.15 Å². The Morgan fingerprint density at radius 1 is 1.21 bits per heavy atom. The van der Waals surface area contributed by atoms with Crippen LogP contribution < -0.4 is 4.74 Å². The Labute approximate surface area is 114 Å². The van der Waals surface area contributed by atoms with E-state index in [9.17, 15) is 18.0 Å². The summed E-state index contributed by atoms with van der Waals surface area (Å²) in [6.45, 7) is 0. The minimum Gasteiger partial charge on any atom is -0.453 e. The van der Waals surface area contributed by atoms with Gasteiger partial charge in [0.1, 0.15) is 11.5 Å². The molecule has 0 N–H and O–H groups in total. The van der Waals surface area contributed by atoms with Crippen LogP contribution in [0, 0.1) is 0 Å². The van der Waals surface area contributed by atoms with Crippen molar-refractivity contribution in [2.75, 3.05) is 0 Å². The molecule has 0 radical (unpaired) electrons. The van der Waals surface area contributed by atoms with Gasteiger partial charge in [0.15, 0.2) is 12.0 Å². The summed E-state index contributed by atoms with van der Waals surface area (Å²) in [5.74, 6) is -0.266. The molecule has 2 aromatic rings. The largest absolute Gasteiger partial charge is 0.573 e. The first-order chi connectivity index (χ1) is 8.89. The summed E-state index contributed by atoms with van der Waals surface area (Å²) in [6, 6.07) is 6.74. The van der Waals surface area contributed by atoms with Crippen LogP contribution in [0.15, 0.2) is 39.2 Å². The molecule has 0 saturated carbocycles. The maximum absolute atomic E-state index is 12.3. The molecule has 0 fully saturated rings. The minimum atomic E-state index is -4.80. The molecule has 0 aliphatic rings. The molecule has 0 aliphatic heterocycles. The topological polar surface area (TPSA) is 39.4 Å². The molecule has 1 aromatic heterocycles. The molecule has 7 heteroatoms. The van der Waals surface area contributed by atoms with Crippen molar-refractivity contribution in [3.8, 4) is 17.1 Å². The summed E-state index contributed by atoms with van der Waals surface area (Å²) in [4.78, 5) is 10.5. The molecule has 0 aliphatic carbocycles. The van der Waals surface area contributed by atoms with Gasteiger partial charge in [0.2, 0.25) is 0 Å². The van der Waals surface area contributed by atoms with Crippen molar-refractivity contribution in [1.29, 1.82) is 0 Å². The molecule has 100 valence electrons. The molecule has 0 atom stereocenters. The second-order valence-electron chi connectivity index (χ2n) is 3.51. The number of aldehydes is 1. The third kappa shape index (κ3) is 3.37. The smallest absolute Gasteiger partial charge is 0.453 e. The highest BCUT2D eigenvalue weighted by atomic mass is 79.9. The second-order valence-corrected chi connectivity index (χ2v) is 4.42. The van der Waals surface area contributed by atoms with Gasteiger partial charge in [-0.3, -0.25) is 4.79 Å². The van der Waals surface area contributed by atoms with Gasteiger partial charge >= 0.3 is 6.36 Å². The normalized spacial score (nSPS) is 11.4. The highest BCUT2D eigenvalue weighted by molar-refractivity contribution is 9.10. The summed E-state index contributed by atoms with van der Waals surface area (Å²) in [5, 5.41) is 0.